The number of nitrogens with zero attached hydrogens (tertiary/aromatic N) is 1. The molecular weight excluding hydrogens is 218 g/mol. The fourth-order valence-electron chi connectivity index (χ4n) is 2.19. The minimum Gasteiger partial charge on any atom is -0.285 e. The molecule has 88 valence electrons. The molecule has 18 heavy (non-hydrogen) atoms. The van der Waals surface area contributed by atoms with Gasteiger partial charge in [0.1, 0.15) is 0 Å². The summed E-state index contributed by atoms with van der Waals surface area (Å²) in [4.78, 5) is 4.69. The van der Waals surface area contributed by atoms with Crippen molar-refractivity contribution in [3.63, 3.8) is 0 Å². The second kappa shape index (κ2) is 5.01. The number of rotatable bonds is 2. The molecule has 3 rings (SSSR count). The van der Waals surface area contributed by atoms with E-state index in [0.29, 0.717) is 0 Å². The van der Waals surface area contributed by atoms with Crippen molar-refractivity contribution in [1.82, 2.24) is 0 Å². The highest BCUT2D eigenvalue weighted by molar-refractivity contribution is 6.00. The van der Waals surface area contributed by atoms with Crippen LogP contribution in [0, 0.1) is 0 Å². The molecule has 1 aliphatic heterocycles. The Morgan fingerprint density at radius 3 is 2.50 bits per heavy atom. The van der Waals surface area contributed by atoms with Gasteiger partial charge in [-0.05, 0) is 22.8 Å². The Morgan fingerprint density at radius 2 is 1.61 bits per heavy atom. The van der Waals surface area contributed by atoms with Gasteiger partial charge in [-0.15, -0.1) is 0 Å². The molecule has 1 heterocycles. The summed E-state index contributed by atoms with van der Waals surface area (Å²) >= 11 is 0. The van der Waals surface area contributed by atoms with Crippen LogP contribution in [0.25, 0.3) is 6.08 Å². The summed E-state index contributed by atoms with van der Waals surface area (Å²) in [5.74, 6) is 0. The Hall–Kier alpha value is -2.15. The normalized spacial score (nSPS) is 13.7. The zero-order valence-corrected chi connectivity index (χ0v) is 10.2. The van der Waals surface area contributed by atoms with Crippen LogP contribution in [0.3, 0.4) is 0 Å². The number of benzene rings is 2. The van der Waals surface area contributed by atoms with Gasteiger partial charge in [-0.2, -0.15) is 0 Å². The molecule has 0 N–H and O–H groups in total. The minimum absolute atomic E-state index is 0.783. The van der Waals surface area contributed by atoms with Crippen LogP contribution in [-0.4, -0.2) is 5.71 Å². The van der Waals surface area contributed by atoms with Crippen molar-refractivity contribution in [2.24, 2.45) is 4.99 Å². The largest absolute Gasteiger partial charge is 0.285 e. The van der Waals surface area contributed by atoms with Crippen molar-refractivity contribution in [3.05, 3.63) is 77.4 Å². The lowest BCUT2D eigenvalue weighted by molar-refractivity contribution is 1.06. The molecule has 0 bridgehead atoms. The maximum Gasteiger partial charge on any atom is 0.0648 e. The first-order chi connectivity index (χ1) is 8.92. The van der Waals surface area contributed by atoms with Crippen LogP contribution in [0.2, 0.25) is 0 Å². The molecule has 0 saturated heterocycles. The van der Waals surface area contributed by atoms with Crippen LogP contribution < -0.4 is 0 Å². The number of hydrogen-bond donors (Lipinski definition) is 0. The second-order valence-corrected chi connectivity index (χ2v) is 4.50. The van der Waals surface area contributed by atoms with Gasteiger partial charge in [-0.3, -0.25) is 4.99 Å². The lowest BCUT2D eigenvalue weighted by Crippen LogP contribution is -1.99. The summed E-state index contributed by atoms with van der Waals surface area (Å²) in [7, 11) is 0. The summed E-state index contributed by atoms with van der Waals surface area (Å²) in [6.45, 7) is 0.783. The fraction of sp³-hybridized carbons (Fsp3) is 0.118. The van der Waals surface area contributed by atoms with Gasteiger partial charge in [0.2, 0.25) is 0 Å². The van der Waals surface area contributed by atoms with Gasteiger partial charge in [0.15, 0.2) is 0 Å². The van der Waals surface area contributed by atoms with Crippen molar-refractivity contribution in [2.45, 2.75) is 13.0 Å². The van der Waals surface area contributed by atoms with Crippen molar-refractivity contribution >= 4 is 11.8 Å². The zero-order valence-electron chi connectivity index (χ0n) is 10.2. The third kappa shape index (κ3) is 2.40. The van der Waals surface area contributed by atoms with E-state index in [2.05, 4.69) is 65.7 Å². The molecule has 2 aromatic rings. The molecular formula is C17H15N. The van der Waals surface area contributed by atoms with Gasteiger partial charge < -0.3 is 0 Å². The standard InChI is InChI=1S/C17H15N/c1-2-6-14(7-3-1)12-17-11-10-15-8-4-5-9-16(15)13-18-17/h1-11H,12-13H2. The Balaban J connectivity index is 1.83. The van der Waals surface area contributed by atoms with E-state index in [1.807, 2.05) is 6.07 Å². The van der Waals surface area contributed by atoms with E-state index >= 15 is 0 Å². The fourth-order valence-corrected chi connectivity index (χ4v) is 2.19. The molecule has 0 atom stereocenters. The monoisotopic (exact) mass is 233 g/mol. The van der Waals surface area contributed by atoms with Crippen LogP contribution in [-0.2, 0) is 13.0 Å². The highest BCUT2D eigenvalue weighted by Crippen LogP contribution is 2.16. The highest BCUT2D eigenvalue weighted by Gasteiger charge is 2.04. The maximum atomic E-state index is 4.69. The molecule has 1 heteroatoms. The van der Waals surface area contributed by atoms with Crippen LogP contribution in [0.1, 0.15) is 16.7 Å². The average molecular weight is 233 g/mol. The SMILES string of the molecule is C1=Cc2ccccc2CN=C1Cc1ccccc1. The summed E-state index contributed by atoms with van der Waals surface area (Å²) in [6, 6.07) is 18.9. The predicted molar refractivity (Wildman–Crippen MR) is 76.8 cm³/mol. The first kappa shape index (κ1) is 11.0. The number of fused-ring (bicyclic) bond motifs is 1. The van der Waals surface area contributed by atoms with Crippen LogP contribution in [0.15, 0.2) is 65.7 Å². The third-order valence-corrected chi connectivity index (χ3v) is 3.19. The molecule has 0 spiro atoms. The van der Waals surface area contributed by atoms with E-state index in [0.717, 1.165) is 18.7 Å². The molecule has 0 unspecified atom stereocenters. The van der Waals surface area contributed by atoms with E-state index in [1.165, 1.54) is 16.7 Å². The van der Waals surface area contributed by atoms with Crippen molar-refractivity contribution in [3.8, 4) is 0 Å². The Bertz CT molecular complexity index is 594. The minimum atomic E-state index is 0.783. The number of hydrogen-bond acceptors (Lipinski definition) is 1. The molecule has 1 aliphatic rings. The van der Waals surface area contributed by atoms with E-state index < -0.39 is 0 Å². The molecule has 0 radical (unpaired) electrons. The Morgan fingerprint density at radius 1 is 0.833 bits per heavy atom. The molecule has 1 nitrogen and oxygen atoms in total. The highest BCUT2D eigenvalue weighted by atomic mass is 14.7. The van der Waals surface area contributed by atoms with Gasteiger partial charge in [0.05, 0.1) is 6.54 Å². The molecule has 0 saturated carbocycles. The topological polar surface area (TPSA) is 12.4 Å². The lowest BCUT2D eigenvalue weighted by atomic mass is 10.1. The van der Waals surface area contributed by atoms with Gasteiger partial charge in [0, 0.05) is 12.1 Å². The van der Waals surface area contributed by atoms with Gasteiger partial charge >= 0.3 is 0 Å². The van der Waals surface area contributed by atoms with Crippen LogP contribution in [0.5, 0.6) is 0 Å². The molecule has 2 aromatic carbocycles. The van der Waals surface area contributed by atoms with Crippen molar-refractivity contribution in [2.75, 3.05) is 0 Å². The second-order valence-electron chi connectivity index (χ2n) is 4.50. The predicted octanol–water partition coefficient (Wildman–Crippen LogP) is 3.90. The summed E-state index contributed by atoms with van der Waals surface area (Å²) in [5.41, 5.74) is 5.05. The zero-order chi connectivity index (χ0) is 12.2. The average Bonchev–Trinajstić information content (AvgIpc) is 2.63. The number of aliphatic imine (C=N–C) groups is 1. The smallest absolute Gasteiger partial charge is 0.0648 e. The number of allylic oxidation sites excluding steroid dienone is 1. The van der Waals surface area contributed by atoms with Crippen LogP contribution >= 0.6 is 0 Å². The molecule has 0 amide bonds. The third-order valence-electron chi connectivity index (χ3n) is 3.19. The van der Waals surface area contributed by atoms with E-state index in [9.17, 15) is 0 Å². The van der Waals surface area contributed by atoms with E-state index in [-0.39, 0.29) is 0 Å². The van der Waals surface area contributed by atoms with Gasteiger partial charge in [0.25, 0.3) is 0 Å². The Kier molecular flexibility index (Phi) is 3.05. The van der Waals surface area contributed by atoms with E-state index in [4.69, 9.17) is 0 Å². The summed E-state index contributed by atoms with van der Waals surface area (Å²) in [6.07, 6.45) is 5.22. The summed E-state index contributed by atoms with van der Waals surface area (Å²) in [5, 5.41) is 0. The quantitative estimate of drug-likeness (QED) is 0.746. The maximum absolute atomic E-state index is 4.69. The van der Waals surface area contributed by atoms with Gasteiger partial charge in [-0.25, -0.2) is 0 Å². The Labute approximate surface area is 108 Å². The van der Waals surface area contributed by atoms with Gasteiger partial charge in [-0.1, -0.05) is 60.7 Å². The first-order valence-corrected chi connectivity index (χ1v) is 6.25. The first-order valence-electron chi connectivity index (χ1n) is 6.25. The molecule has 0 fully saturated rings. The summed E-state index contributed by atoms with van der Waals surface area (Å²) < 4.78 is 0. The van der Waals surface area contributed by atoms with Crippen LogP contribution in [0.4, 0.5) is 0 Å². The van der Waals surface area contributed by atoms with Crippen molar-refractivity contribution in [1.29, 1.82) is 0 Å². The van der Waals surface area contributed by atoms with E-state index in [1.54, 1.807) is 0 Å². The molecule has 0 aliphatic carbocycles. The molecule has 0 aromatic heterocycles. The lowest BCUT2D eigenvalue weighted by Gasteiger charge is -2.01. The van der Waals surface area contributed by atoms with Crippen molar-refractivity contribution < 1.29 is 0 Å².